The van der Waals surface area contributed by atoms with Crippen LogP contribution >= 0.6 is 15.9 Å². The van der Waals surface area contributed by atoms with E-state index in [1.807, 2.05) is 0 Å². The molecular formula is C12H8BrF3O2. The highest BCUT2D eigenvalue weighted by atomic mass is 79.9. The van der Waals surface area contributed by atoms with Crippen LogP contribution in [0.3, 0.4) is 0 Å². The van der Waals surface area contributed by atoms with Crippen molar-refractivity contribution in [2.75, 3.05) is 0 Å². The van der Waals surface area contributed by atoms with Crippen LogP contribution in [0.15, 0.2) is 45.5 Å². The van der Waals surface area contributed by atoms with Crippen LogP contribution in [0.1, 0.15) is 23.0 Å². The van der Waals surface area contributed by atoms with Crippen molar-refractivity contribution < 1.29 is 22.7 Å². The van der Waals surface area contributed by atoms with Crippen molar-refractivity contribution in [2.24, 2.45) is 0 Å². The molecule has 0 aliphatic heterocycles. The van der Waals surface area contributed by atoms with E-state index >= 15 is 0 Å². The Kier molecular flexibility index (Phi) is 3.49. The Morgan fingerprint density at radius 1 is 1.11 bits per heavy atom. The highest BCUT2D eigenvalue weighted by molar-refractivity contribution is 9.10. The number of hydrogen-bond acceptors (Lipinski definition) is 2. The topological polar surface area (TPSA) is 33.4 Å². The number of alkyl halides is 3. The molecule has 1 aromatic heterocycles. The number of halogens is 4. The first-order valence-corrected chi connectivity index (χ1v) is 5.77. The number of aliphatic hydroxyl groups is 1. The van der Waals surface area contributed by atoms with Crippen LogP contribution in [0.25, 0.3) is 0 Å². The average Bonchev–Trinajstić information content (AvgIpc) is 2.73. The fourth-order valence-corrected chi connectivity index (χ4v) is 1.92. The molecule has 96 valence electrons. The number of benzene rings is 1. The summed E-state index contributed by atoms with van der Waals surface area (Å²) in [6.45, 7) is 0. The van der Waals surface area contributed by atoms with E-state index in [1.54, 1.807) is 6.07 Å². The predicted molar refractivity (Wildman–Crippen MR) is 61.9 cm³/mol. The highest BCUT2D eigenvalue weighted by Gasteiger charge is 2.30. The summed E-state index contributed by atoms with van der Waals surface area (Å²) < 4.78 is 42.7. The van der Waals surface area contributed by atoms with Crippen molar-refractivity contribution in [3.05, 3.63) is 58.0 Å². The third-order valence-electron chi connectivity index (χ3n) is 2.45. The van der Waals surface area contributed by atoms with Crippen molar-refractivity contribution in [1.29, 1.82) is 0 Å². The molecule has 0 aliphatic rings. The largest absolute Gasteiger partial charge is 0.465 e. The van der Waals surface area contributed by atoms with Crippen molar-refractivity contribution >= 4 is 15.9 Å². The average molecular weight is 321 g/mol. The zero-order valence-electron chi connectivity index (χ0n) is 8.91. The summed E-state index contributed by atoms with van der Waals surface area (Å²) in [5.74, 6) is 0.259. The number of furan rings is 1. The maximum atomic E-state index is 12.4. The van der Waals surface area contributed by atoms with E-state index in [0.717, 1.165) is 12.1 Å². The molecule has 0 saturated heterocycles. The van der Waals surface area contributed by atoms with Crippen LogP contribution in [0.2, 0.25) is 0 Å². The van der Waals surface area contributed by atoms with Gasteiger partial charge in [0.1, 0.15) is 6.10 Å². The van der Waals surface area contributed by atoms with Gasteiger partial charge in [0.05, 0.1) is 16.3 Å². The first-order chi connectivity index (χ1) is 8.39. The minimum atomic E-state index is -4.38. The zero-order chi connectivity index (χ0) is 13.3. The summed E-state index contributed by atoms with van der Waals surface area (Å²) in [7, 11) is 0. The van der Waals surface area contributed by atoms with Gasteiger partial charge in [-0.25, -0.2) is 0 Å². The van der Waals surface area contributed by atoms with Gasteiger partial charge < -0.3 is 9.52 Å². The summed E-state index contributed by atoms with van der Waals surface area (Å²) in [5.41, 5.74) is -0.421. The lowest BCUT2D eigenvalue weighted by molar-refractivity contribution is -0.137. The van der Waals surface area contributed by atoms with E-state index in [2.05, 4.69) is 15.9 Å². The van der Waals surface area contributed by atoms with E-state index in [0.29, 0.717) is 10.0 Å². The maximum absolute atomic E-state index is 12.4. The third-order valence-corrected chi connectivity index (χ3v) is 3.10. The predicted octanol–water partition coefficient (Wildman–Crippen LogP) is 4.14. The Morgan fingerprint density at radius 3 is 2.17 bits per heavy atom. The molecule has 2 nitrogen and oxygen atoms in total. The van der Waals surface area contributed by atoms with E-state index in [-0.39, 0.29) is 5.76 Å². The molecule has 1 atom stereocenters. The summed E-state index contributed by atoms with van der Waals surface area (Å²) in [6.07, 6.45) is -4.10. The SMILES string of the molecule is OC(c1ccc(C(F)(F)F)cc1)c1occc1Br. The van der Waals surface area contributed by atoms with Gasteiger partial charge in [-0.15, -0.1) is 0 Å². The van der Waals surface area contributed by atoms with Gasteiger partial charge >= 0.3 is 6.18 Å². The molecule has 2 aromatic rings. The Bertz CT molecular complexity index is 531. The quantitative estimate of drug-likeness (QED) is 0.902. The van der Waals surface area contributed by atoms with Crippen molar-refractivity contribution in [3.8, 4) is 0 Å². The molecule has 6 heteroatoms. The second-order valence-corrected chi connectivity index (χ2v) is 4.51. The van der Waals surface area contributed by atoms with E-state index in [9.17, 15) is 18.3 Å². The van der Waals surface area contributed by atoms with Crippen LogP contribution in [0.5, 0.6) is 0 Å². The van der Waals surface area contributed by atoms with Crippen molar-refractivity contribution in [2.45, 2.75) is 12.3 Å². The first kappa shape index (κ1) is 13.2. The lowest BCUT2D eigenvalue weighted by Gasteiger charge is -2.11. The normalized spacial score (nSPS) is 13.6. The lowest BCUT2D eigenvalue weighted by Crippen LogP contribution is -2.05. The molecule has 0 radical (unpaired) electrons. The minimum Gasteiger partial charge on any atom is -0.465 e. The first-order valence-electron chi connectivity index (χ1n) is 4.97. The van der Waals surface area contributed by atoms with Crippen LogP contribution in [-0.2, 0) is 6.18 Å². The Labute approximate surface area is 109 Å². The number of aliphatic hydroxyl groups excluding tert-OH is 1. The molecule has 1 aromatic carbocycles. The van der Waals surface area contributed by atoms with Gasteiger partial charge in [0.25, 0.3) is 0 Å². The standard InChI is InChI=1S/C12H8BrF3O2/c13-9-5-6-18-11(9)10(17)7-1-3-8(4-2-7)12(14,15)16/h1-6,10,17H. The summed E-state index contributed by atoms with van der Waals surface area (Å²) in [4.78, 5) is 0. The van der Waals surface area contributed by atoms with Crippen LogP contribution in [0, 0.1) is 0 Å². The molecular weight excluding hydrogens is 313 g/mol. The molecule has 1 unspecified atom stereocenters. The zero-order valence-corrected chi connectivity index (χ0v) is 10.5. The van der Waals surface area contributed by atoms with Crippen LogP contribution in [0.4, 0.5) is 13.2 Å². The van der Waals surface area contributed by atoms with Gasteiger partial charge in [0.15, 0.2) is 5.76 Å². The molecule has 0 saturated carbocycles. The summed E-state index contributed by atoms with van der Waals surface area (Å²) >= 11 is 3.18. The molecule has 0 spiro atoms. The van der Waals surface area contributed by atoms with Gasteiger partial charge in [0.2, 0.25) is 0 Å². The molecule has 2 rings (SSSR count). The molecule has 1 N–H and O–H groups in total. The van der Waals surface area contributed by atoms with Gasteiger partial charge in [-0.05, 0) is 39.7 Å². The van der Waals surface area contributed by atoms with Crippen molar-refractivity contribution in [1.82, 2.24) is 0 Å². The van der Waals surface area contributed by atoms with Crippen LogP contribution in [-0.4, -0.2) is 5.11 Å². The fourth-order valence-electron chi connectivity index (χ4n) is 1.51. The highest BCUT2D eigenvalue weighted by Crippen LogP contribution is 2.32. The molecule has 0 amide bonds. The van der Waals surface area contributed by atoms with Gasteiger partial charge in [0, 0.05) is 0 Å². The van der Waals surface area contributed by atoms with E-state index in [1.165, 1.54) is 18.4 Å². The summed E-state index contributed by atoms with van der Waals surface area (Å²) in [6, 6.07) is 5.90. The smallest absolute Gasteiger partial charge is 0.416 e. The monoisotopic (exact) mass is 320 g/mol. The summed E-state index contributed by atoms with van der Waals surface area (Å²) in [5, 5.41) is 9.95. The molecule has 0 fully saturated rings. The Balaban J connectivity index is 2.28. The maximum Gasteiger partial charge on any atom is 0.416 e. The molecule has 0 bridgehead atoms. The second kappa shape index (κ2) is 4.78. The molecule has 0 aliphatic carbocycles. The number of hydrogen-bond donors (Lipinski definition) is 1. The van der Waals surface area contributed by atoms with Gasteiger partial charge in [-0.2, -0.15) is 13.2 Å². The van der Waals surface area contributed by atoms with Crippen molar-refractivity contribution in [3.63, 3.8) is 0 Å². The minimum absolute atomic E-state index is 0.259. The lowest BCUT2D eigenvalue weighted by atomic mass is 10.1. The van der Waals surface area contributed by atoms with Gasteiger partial charge in [-0.1, -0.05) is 12.1 Å². The molecule has 1 heterocycles. The Morgan fingerprint density at radius 2 is 1.72 bits per heavy atom. The third kappa shape index (κ3) is 2.59. The van der Waals surface area contributed by atoms with E-state index in [4.69, 9.17) is 4.42 Å². The fraction of sp³-hybridized carbons (Fsp3) is 0.167. The Hall–Kier alpha value is -1.27. The van der Waals surface area contributed by atoms with Gasteiger partial charge in [-0.3, -0.25) is 0 Å². The molecule has 18 heavy (non-hydrogen) atoms. The van der Waals surface area contributed by atoms with Crippen LogP contribution < -0.4 is 0 Å². The second-order valence-electron chi connectivity index (χ2n) is 3.66. The number of rotatable bonds is 2. The van der Waals surface area contributed by atoms with E-state index < -0.39 is 17.8 Å².